The van der Waals surface area contributed by atoms with Gasteiger partial charge in [-0.2, -0.15) is 0 Å². The van der Waals surface area contributed by atoms with Gasteiger partial charge in [0.05, 0.1) is 21.1 Å². The van der Waals surface area contributed by atoms with E-state index in [1.165, 1.54) is 25.7 Å². The van der Waals surface area contributed by atoms with E-state index in [4.69, 9.17) is 4.74 Å². The molecule has 0 aliphatic heterocycles. The summed E-state index contributed by atoms with van der Waals surface area (Å²) in [5.74, 6) is -1.53. The summed E-state index contributed by atoms with van der Waals surface area (Å²) in [6, 6.07) is 0. The summed E-state index contributed by atoms with van der Waals surface area (Å²) in [6.45, 7) is 2.67. The number of nitrogens with zero attached hydrogens (tertiary/aromatic N) is 1. The first-order valence-corrected chi connectivity index (χ1v) is 10.2. The van der Waals surface area contributed by atoms with Crippen LogP contribution in [0.1, 0.15) is 71.1 Å². The van der Waals surface area contributed by atoms with Gasteiger partial charge in [0.25, 0.3) is 0 Å². The molecule has 0 saturated carbocycles. The van der Waals surface area contributed by atoms with Gasteiger partial charge in [-0.05, 0) is 32.1 Å². The van der Waals surface area contributed by atoms with Gasteiger partial charge in [0, 0.05) is 18.8 Å². The van der Waals surface area contributed by atoms with Crippen molar-refractivity contribution < 1.29 is 23.9 Å². The van der Waals surface area contributed by atoms with Gasteiger partial charge in [-0.3, -0.25) is 4.79 Å². The van der Waals surface area contributed by atoms with Crippen molar-refractivity contribution in [2.24, 2.45) is 0 Å². The van der Waals surface area contributed by atoms with Crippen LogP contribution in [0.15, 0.2) is 24.3 Å². The first-order chi connectivity index (χ1) is 12.7. The fourth-order valence-corrected chi connectivity index (χ4v) is 2.75. The molecule has 156 valence electrons. The van der Waals surface area contributed by atoms with Crippen molar-refractivity contribution in [1.82, 2.24) is 0 Å². The van der Waals surface area contributed by atoms with Gasteiger partial charge in [-0.1, -0.05) is 50.5 Å². The number of ether oxygens (including phenoxy) is 1. The van der Waals surface area contributed by atoms with Crippen LogP contribution in [0.5, 0.6) is 0 Å². The fraction of sp³-hybridized carbons (Fsp3) is 0.727. The highest BCUT2D eigenvalue weighted by Gasteiger charge is 2.22. The van der Waals surface area contributed by atoms with Crippen LogP contribution in [0.3, 0.4) is 0 Å². The molecule has 0 aromatic rings. The Morgan fingerprint density at radius 2 is 1.59 bits per heavy atom. The molecule has 0 radical (unpaired) electrons. The topological polar surface area (TPSA) is 66.4 Å². The Hall–Kier alpha value is -1.62. The lowest BCUT2D eigenvalue weighted by molar-refractivity contribution is -0.873. The predicted octanol–water partition coefficient (Wildman–Crippen LogP) is 3.39. The van der Waals surface area contributed by atoms with Gasteiger partial charge in [-0.25, -0.2) is 0 Å². The minimum Gasteiger partial charge on any atom is -0.550 e. The molecule has 0 aliphatic carbocycles. The van der Waals surface area contributed by atoms with E-state index in [9.17, 15) is 14.7 Å². The summed E-state index contributed by atoms with van der Waals surface area (Å²) < 4.78 is 5.85. The molecule has 27 heavy (non-hydrogen) atoms. The third kappa shape index (κ3) is 19.0. The molecule has 5 heteroatoms. The Morgan fingerprint density at radius 3 is 2.15 bits per heavy atom. The second-order valence-electron chi connectivity index (χ2n) is 8.08. The summed E-state index contributed by atoms with van der Waals surface area (Å²) in [6.07, 6.45) is 16.8. The van der Waals surface area contributed by atoms with Crippen molar-refractivity contribution in [3.63, 3.8) is 0 Å². The Labute approximate surface area is 165 Å². The van der Waals surface area contributed by atoms with E-state index < -0.39 is 12.1 Å². The van der Waals surface area contributed by atoms with Crippen LogP contribution in [0.4, 0.5) is 0 Å². The second-order valence-corrected chi connectivity index (χ2v) is 8.08. The number of quaternary nitrogens is 1. The van der Waals surface area contributed by atoms with Crippen LogP contribution in [-0.2, 0) is 14.3 Å². The number of rotatable bonds is 16. The zero-order valence-electron chi connectivity index (χ0n) is 17.7. The van der Waals surface area contributed by atoms with Gasteiger partial charge in [0.2, 0.25) is 0 Å². The van der Waals surface area contributed by atoms with Crippen LogP contribution in [-0.4, -0.2) is 50.2 Å². The van der Waals surface area contributed by atoms with Crippen molar-refractivity contribution >= 4 is 11.9 Å². The molecule has 0 rings (SSSR count). The fourth-order valence-electron chi connectivity index (χ4n) is 2.75. The van der Waals surface area contributed by atoms with E-state index in [0.717, 1.165) is 19.3 Å². The zero-order valence-corrected chi connectivity index (χ0v) is 17.7. The highest BCUT2D eigenvalue weighted by Crippen LogP contribution is 2.08. The zero-order chi connectivity index (χ0) is 20.5. The van der Waals surface area contributed by atoms with Crippen LogP contribution in [0.2, 0.25) is 0 Å². The van der Waals surface area contributed by atoms with Crippen molar-refractivity contribution in [3.05, 3.63) is 24.3 Å². The monoisotopic (exact) mass is 381 g/mol. The molecule has 0 saturated heterocycles. The number of carbonyl (C=O) groups excluding carboxylic acids is 2. The number of hydrogen-bond acceptors (Lipinski definition) is 4. The first-order valence-electron chi connectivity index (χ1n) is 10.2. The maximum Gasteiger partial charge on any atom is 0.306 e. The third-order valence-corrected chi connectivity index (χ3v) is 4.03. The number of esters is 1. The summed E-state index contributed by atoms with van der Waals surface area (Å²) in [5.41, 5.74) is 0. The lowest BCUT2D eigenvalue weighted by Crippen LogP contribution is -2.45. The van der Waals surface area contributed by atoms with Crippen LogP contribution in [0, 0.1) is 0 Å². The minimum absolute atomic E-state index is 0.258. The standard InChI is InChI=1S/C22H39NO4/c1-5-6-7-8-9-10-11-12-13-14-15-16-17-22(26)27-20(18-21(24)25)19-23(2,3)4/h10-11,13-14,20H,5-9,12,15-19H2,1-4H3/b11-10+,14-13+. The molecule has 0 amide bonds. The lowest BCUT2D eigenvalue weighted by atomic mass is 10.1. The van der Waals surface area contributed by atoms with E-state index in [0.29, 0.717) is 23.9 Å². The third-order valence-electron chi connectivity index (χ3n) is 4.03. The largest absolute Gasteiger partial charge is 0.550 e. The molecular weight excluding hydrogens is 342 g/mol. The molecule has 1 unspecified atom stereocenters. The second kappa shape index (κ2) is 15.4. The van der Waals surface area contributed by atoms with E-state index >= 15 is 0 Å². The summed E-state index contributed by atoms with van der Waals surface area (Å²) in [5, 5.41) is 10.8. The number of carbonyl (C=O) groups is 2. The van der Waals surface area contributed by atoms with E-state index in [1.54, 1.807) is 0 Å². The Morgan fingerprint density at radius 1 is 0.963 bits per heavy atom. The molecule has 0 aromatic carbocycles. The number of carboxylic acids is 1. The highest BCUT2D eigenvalue weighted by molar-refractivity contribution is 5.70. The Kier molecular flexibility index (Phi) is 14.5. The van der Waals surface area contributed by atoms with Gasteiger partial charge >= 0.3 is 5.97 Å². The SMILES string of the molecule is CCCCCC/C=C/C/C=C/CCCC(=O)OC(CC(=O)[O-])C[N+](C)(C)C. The first kappa shape index (κ1) is 25.4. The molecule has 0 bridgehead atoms. The smallest absolute Gasteiger partial charge is 0.306 e. The Bertz CT molecular complexity index is 463. The maximum atomic E-state index is 11.9. The summed E-state index contributed by atoms with van der Waals surface area (Å²) >= 11 is 0. The highest BCUT2D eigenvalue weighted by atomic mass is 16.5. The molecule has 5 nitrogen and oxygen atoms in total. The van der Waals surface area contributed by atoms with E-state index in [2.05, 4.69) is 31.2 Å². The van der Waals surface area contributed by atoms with Crippen LogP contribution in [0.25, 0.3) is 0 Å². The molecule has 0 aliphatic rings. The molecular formula is C22H39NO4. The van der Waals surface area contributed by atoms with E-state index in [1.807, 2.05) is 21.1 Å². The average molecular weight is 382 g/mol. The number of aliphatic carboxylic acids is 1. The van der Waals surface area contributed by atoms with E-state index in [-0.39, 0.29) is 12.4 Å². The van der Waals surface area contributed by atoms with Gasteiger partial charge < -0.3 is 19.1 Å². The number of carboxylic acid groups (broad SMARTS) is 1. The number of hydrogen-bond donors (Lipinski definition) is 0. The van der Waals surface area contributed by atoms with Crippen LogP contribution >= 0.6 is 0 Å². The average Bonchev–Trinajstić information content (AvgIpc) is 2.53. The van der Waals surface area contributed by atoms with Gasteiger partial charge in [0.15, 0.2) is 6.10 Å². The van der Waals surface area contributed by atoms with Crippen molar-refractivity contribution in [2.75, 3.05) is 27.7 Å². The summed E-state index contributed by atoms with van der Waals surface area (Å²) in [4.78, 5) is 22.8. The molecule has 0 N–H and O–H groups in total. The minimum atomic E-state index is -1.19. The predicted molar refractivity (Wildman–Crippen MR) is 108 cm³/mol. The van der Waals surface area contributed by atoms with Crippen LogP contribution < -0.4 is 5.11 Å². The summed E-state index contributed by atoms with van der Waals surface area (Å²) in [7, 11) is 5.79. The number of allylic oxidation sites excluding steroid dienone is 4. The van der Waals surface area contributed by atoms with Crippen molar-refractivity contribution in [3.8, 4) is 0 Å². The normalized spacial score (nSPS) is 13.3. The van der Waals surface area contributed by atoms with Crippen molar-refractivity contribution in [1.29, 1.82) is 0 Å². The molecule has 0 fully saturated rings. The molecule has 0 aromatic heterocycles. The van der Waals surface area contributed by atoms with Gasteiger partial charge in [-0.15, -0.1) is 0 Å². The number of unbranched alkanes of at least 4 members (excludes halogenated alkanes) is 5. The van der Waals surface area contributed by atoms with Crippen molar-refractivity contribution in [2.45, 2.75) is 77.2 Å². The molecule has 0 spiro atoms. The van der Waals surface area contributed by atoms with Gasteiger partial charge in [0.1, 0.15) is 6.54 Å². The number of likely N-dealkylation sites (N-methyl/N-ethyl adjacent to an activating group) is 1. The maximum absolute atomic E-state index is 11.9. The molecule has 1 atom stereocenters. The Balaban J connectivity index is 3.90. The molecule has 0 heterocycles. The lowest BCUT2D eigenvalue weighted by Gasteiger charge is -2.29. The quantitative estimate of drug-likeness (QED) is 0.178.